The molecule has 2 N–H and O–H groups in total. The molecule has 0 bridgehead atoms. The van der Waals surface area contributed by atoms with Crippen LogP contribution >= 0.6 is 11.6 Å². The van der Waals surface area contributed by atoms with Crippen LogP contribution < -0.4 is 5.73 Å². The standard InChI is InChI=1S/C17H17ClFNO/c18-14-9-12(5-6-15(14)19)16(20)10-17-13-4-2-1-3-11(13)7-8-21-17/h1-6,9,16-17H,7-8,10,20H2. The second-order valence-corrected chi connectivity index (χ2v) is 5.73. The number of benzene rings is 2. The second-order valence-electron chi connectivity index (χ2n) is 5.32. The molecule has 1 heterocycles. The molecule has 21 heavy (non-hydrogen) atoms. The molecule has 2 unspecified atom stereocenters. The third-order valence-corrected chi connectivity index (χ3v) is 4.22. The van der Waals surface area contributed by atoms with Crippen LogP contribution in [0.4, 0.5) is 4.39 Å². The minimum Gasteiger partial charge on any atom is -0.373 e. The van der Waals surface area contributed by atoms with Gasteiger partial charge in [-0.05, 0) is 41.7 Å². The summed E-state index contributed by atoms with van der Waals surface area (Å²) in [6.07, 6.45) is 1.57. The average Bonchev–Trinajstić information content (AvgIpc) is 2.50. The fourth-order valence-corrected chi connectivity index (χ4v) is 2.97. The van der Waals surface area contributed by atoms with Crippen LogP contribution in [-0.4, -0.2) is 6.61 Å². The molecule has 110 valence electrons. The fraction of sp³-hybridized carbons (Fsp3) is 0.294. The van der Waals surface area contributed by atoms with Crippen molar-refractivity contribution in [2.75, 3.05) is 6.61 Å². The molecular weight excluding hydrogens is 289 g/mol. The van der Waals surface area contributed by atoms with E-state index in [2.05, 4.69) is 12.1 Å². The molecule has 0 saturated carbocycles. The maximum absolute atomic E-state index is 13.2. The van der Waals surface area contributed by atoms with Gasteiger partial charge in [0.1, 0.15) is 5.82 Å². The highest BCUT2D eigenvalue weighted by molar-refractivity contribution is 6.30. The molecule has 2 nitrogen and oxygen atoms in total. The van der Waals surface area contributed by atoms with Crippen LogP contribution in [0.1, 0.15) is 35.3 Å². The SMILES string of the molecule is NC(CC1OCCc2ccccc21)c1ccc(F)c(Cl)c1. The molecule has 1 aliphatic rings. The Morgan fingerprint density at radius 1 is 1.29 bits per heavy atom. The van der Waals surface area contributed by atoms with Crippen LogP contribution in [0, 0.1) is 5.82 Å². The molecule has 2 aromatic rings. The summed E-state index contributed by atoms with van der Waals surface area (Å²) in [5.74, 6) is -0.424. The summed E-state index contributed by atoms with van der Waals surface area (Å²) >= 11 is 5.82. The lowest BCUT2D eigenvalue weighted by atomic mass is 9.92. The van der Waals surface area contributed by atoms with Gasteiger partial charge in [0.2, 0.25) is 0 Å². The highest BCUT2D eigenvalue weighted by Crippen LogP contribution is 2.34. The first kappa shape index (κ1) is 14.5. The van der Waals surface area contributed by atoms with E-state index in [1.54, 1.807) is 12.1 Å². The first-order chi connectivity index (χ1) is 10.1. The van der Waals surface area contributed by atoms with Gasteiger partial charge in [0, 0.05) is 6.04 Å². The molecule has 0 amide bonds. The van der Waals surface area contributed by atoms with E-state index >= 15 is 0 Å². The second kappa shape index (κ2) is 6.14. The van der Waals surface area contributed by atoms with E-state index in [9.17, 15) is 4.39 Å². The largest absolute Gasteiger partial charge is 0.373 e. The number of fused-ring (bicyclic) bond motifs is 1. The molecule has 4 heteroatoms. The lowest BCUT2D eigenvalue weighted by molar-refractivity contribution is 0.0320. The number of ether oxygens (including phenoxy) is 1. The van der Waals surface area contributed by atoms with Crippen molar-refractivity contribution in [2.45, 2.75) is 25.0 Å². The lowest BCUT2D eigenvalue weighted by Crippen LogP contribution is -2.21. The van der Waals surface area contributed by atoms with Gasteiger partial charge in [-0.2, -0.15) is 0 Å². The van der Waals surface area contributed by atoms with Gasteiger partial charge < -0.3 is 10.5 Å². The molecule has 0 aromatic heterocycles. The molecular formula is C17H17ClFNO. The third kappa shape index (κ3) is 3.10. The van der Waals surface area contributed by atoms with E-state index in [0.29, 0.717) is 13.0 Å². The van der Waals surface area contributed by atoms with Crippen LogP contribution in [0.15, 0.2) is 42.5 Å². The highest BCUT2D eigenvalue weighted by Gasteiger charge is 2.23. The van der Waals surface area contributed by atoms with Gasteiger partial charge in [0.15, 0.2) is 0 Å². The van der Waals surface area contributed by atoms with Crippen molar-refractivity contribution in [1.29, 1.82) is 0 Å². The molecule has 2 atom stereocenters. The normalized spacial score (nSPS) is 19.1. The topological polar surface area (TPSA) is 35.2 Å². The van der Waals surface area contributed by atoms with Gasteiger partial charge in [-0.25, -0.2) is 4.39 Å². The fourth-order valence-electron chi connectivity index (χ4n) is 2.78. The minimum absolute atomic E-state index is 0.0196. The van der Waals surface area contributed by atoms with Crippen molar-refractivity contribution in [2.24, 2.45) is 5.73 Å². The number of nitrogens with two attached hydrogens (primary N) is 1. The zero-order valence-electron chi connectivity index (χ0n) is 11.6. The van der Waals surface area contributed by atoms with E-state index in [0.717, 1.165) is 12.0 Å². The Hall–Kier alpha value is -1.42. The van der Waals surface area contributed by atoms with Crippen molar-refractivity contribution >= 4 is 11.6 Å². The number of rotatable bonds is 3. The van der Waals surface area contributed by atoms with Gasteiger partial charge >= 0.3 is 0 Å². The Labute approximate surface area is 128 Å². The van der Waals surface area contributed by atoms with Crippen LogP contribution in [-0.2, 0) is 11.2 Å². The molecule has 2 aromatic carbocycles. The van der Waals surface area contributed by atoms with Gasteiger partial charge in [-0.15, -0.1) is 0 Å². The maximum atomic E-state index is 13.2. The quantitative estimate of drug-likeness (QED) is 0.923. The van der Waals surface area contributed by atoms with Crippen molar-refractivity contribution in [3.8, 4) is 0 Å². The minimum atomic E-state index is -0.424. The summed E-state index contributed by atoms with van der Waals surface area (Å²) in [7, 11) is 0. The first-order valence-corrected chi connectivity index (χ1v) is 7.43. The summed E-state index contributed by atoms with van der Waals surface area (Å²) in [4.78, 5) is 0. The molecule has 0 fully saturated rings. The Bertz CT molecular complexity index is 646. The van der Waals surface area contributed by atoms with E-state index in [4.69, 9.17) is 22.1 Å². The van der Waals surface area contributed by atoms with E-state index in [1.165, 1.54) is 17.2 Å². The van der Waals surface area contributed by atoms with Crippen molar-refractivity contribution in [1.82, 2.24) is 0 Å². The van der Waals surface area contributed by atoms with Crippen LogP contribution in [0.5, 0.6) is 0 Å². The number of hydrogen-bond acceptors (Lipinski definition) is 2. The molecule has 0 aliphatic carbocycles. The first-order valence-electron chi connectivity index (χ1n) is 7.05. The van der Waals surface area contributed by atoms with Crippen LogP contribution in [0.3, 0.4) is 0 Å². The Morgan fingerprint density at radius 2 is 2.10 bits per heavy atom. The maximum Gasteiger partial charge on any atom is 0.141 e. The third-order valence-electron chi connectivity index (χ3n) is 3.93. The van der Waals surface area contributed by atoms with E-state index in [1.807, 2.05) is 12.1 Å². The van der Waals surface area contributed by atoms with Crippen LogP contribution in [0.25, 0.3) is 0 Å². The molecule has 0 spiro atoms. The Kier molecular flexibility index (Phi) is 4.24. The van der Waals surface area contributed by atoms with Gasteiger partial charge in [0.25, 0.3) is 0 Å². The Morgan fingerprint density at radius 3 is 2.90 bits per heavy atom. The molecule has 3 rings (SSSR count). The molecule has 0 saturated heterocycles. The van der Waals surface area contributed by atoms with Crippen molar-refractivity contribution < 1.29 is 9.13 Å². The Balaban J connectivity index is 1.79. The summed E-state index contributed by atoms with van der Waals surface area (Å²) in [6.45, 7) is 0.707. The lowest BCUT2D eigenvalue weighted by Gasteiger charge is -2.28. The number of hydrogen-bond donors (Lipinski definition) is 1. The average molecular weight is 306 g/mol. The van der Waals surface area contributed by atoms with E-state index in [-0.39, 0.29) is 17.2 Å². The zero-order valence-corrected chi connectivity index (χ0v) is 12.3. The predicted molar refractivity (Wildman–Crippen MR) is 81.8 cm³/mol. The van der Waals surface area contributed by atoms with Gasteiger partial charge in [-0.3, -0.25) is 0 Å². The molecule has 1 aliphatic heterocycles. The summed E-state index contributed by atoms with van der Waals surface area (Å²) < 4.78 is 19.1. The zero-order chi connectivity index (χ0) is 14.8. The summed E-state index contributed by atoms with van der Waals surface area (Å²) in [5.41, 5.74) is 9.59. The van der Waals surface area contributed by atoms with Gasteiger partial charge in [-0.1, -0.05) is 41.9 Å². The molecule has 0 radical (unpaired) electrons. The van der Waals surface area contributed by atoms with E-state index < -0.39 is 5.82 Å². The summed E-state index contributed by atoms with van der Waals surface area (Å²) in [6, 6.07) is 12.7. The smallest absolute Gasteiger partial charge is 0.141 e. The van der Waals surface area contributed by atoms with Gasteiger partial charge in [0.05, 0.1) is 17.7 Å². The monoisotopic (exact) mass is 305 g/mol. The van der Waals surface area contributed by atoms with Crippen LogP contribution in [0.2, 0.25) is 5.02 Å². The predicted octanol–water partition coefficient (Wildman–Crippen LogP) is 4.18. The van der Waals surface area contributed by atoms with Crippen molar-refractivity contribution in [3.63, 3.8) is 0 Å². The highest BCUT2D eigenvalue weighted by atomic mass is 35.5. The number of halogens is 2. The van der Waals surface area contributed by atoms with Crippen molar-refractivity contribution in [3.05, 3.63) is 70.0 Å². The summed E-state index contributed by atoms with van der Waals surface area (Å²) in [5, 5.41) is 0.105.